The number of hydrogen-bond acceptors (Lipinski definition) is 6. The van der Waals surface area contributed by atoms with E-state index in [9.17, 15) is 9.59 Å². The van der Waals surface area contributed by atoms with E-state index in [1.807, 2.05) is 12.1 Å². The summed E-state index contributed by atoms with van der Waals surface area (Å²) in [6.07, 6.45) is 5.43. The average Bonchev–Trinajstić information content (AvgIpc) is 3.41. The lowest BCUT2D eigenvalue weighted by Crippen LogP contribution is -2.09. The van der Waals surface area contributed by atoms with E-state index < -0.39 is 0 Å². The van der Waals surface area contributed by atoms with E-state index in [2.05, 4.69) is 17.0 Å². The zero-order valence-corrected chi connectivity index (χ0v) is 20.8. The van der Waals surface area contributed by atoms with Crippen LogP contribution < -0.4 is 14.8 Å². The number of methoxy groups -OCH3 is 2. The molecule has 2 aromatic heterocycles. The molecule has 1 N–H and O–H groups in total. The molecule has 0 spiro atoms. The third-order valence-electron chi connectivity index (χ3n) is 5.55. The van der Waals surface area contributed by atoms with Gasteiger partial charge in [0.2, 0.25) is 5.91 Å². The van der Waals surface area contributed by atoms with E-state index in [1.54, 1.807) is 24.0 Å². The van der Waals surface area contributed by atoms with Crippen LogP contribution in [0.2, 0.25) is 10.0 Å². The van der Waals surface area contributed by atoms with Crippen molar-refractivity contribution in [3.05, 3.63) is 80.9 Å². The molecule has 3 aromatic rings. The second-order valence-electron chi connectivity index (χ2n) is 7.84. The maximum absolute atomic E-state index is 13.4. The number of fused-ring (bicyclic) bond motifs is 1. The summed E-state index contributed by atoms with van der Waals surface area (Å²) in [5, 5.41) is 7.43. The quantitative estimate of drug-likeness (QED) is 0.347. The Balaban J connectivity index is 1.63. The number of Topliss-reactive ketones (excluding diaryl/α,β-unsaturated/α-hetero) is 1. The maximum atomic E-state index is 13.4. The molecule has 0 radical (unpaired) electrons. The second kappa shape index (κ2) is 9.93. The summed E-state index contributed by atoms with van der Waals surface area (Å²) < 4.78 is 12.2. The number of nitrogens with one attached hydrogen (secondary N) is 1. The first kappa shape index (κ1) is 24.5. The second-order valence-corrected chi connectivity index (χ2v) is 8.60. The number of nitrogens with zero attached hydrogens (tertiary/aromatic N) is 3. The lowest BCUT2D eigenvalue weighted by atomic mass is 10.0. The third kappa shape index (κ3) is 4.80. The number of hydrogen-bond donors (Lipinski definition) is 1. The summed E-state index contributed by atoms with van der Waals surface area (Å²) in [6, 6.07) is 5.34. The summed E-state index contributed by atoms with van der Waals surface area (Å²) in [7, 11) is 4.68. The topological polar surface area (TPSA) is 95.3 Å². The number of anilines is 1. The van der Waals surface area contributed by atoms with Crippen LogP contribution in [0.3, 0.4) is 0 Å². The number of ketones is 1. The maximum Gasteiger partial charge on any atom is 0.247 e. The first-order valence-corrected chi connectivity index (χ1v) is 11.3. The minimum absolute atomic E-state index is 0.123. The van der Waals surface area contributed by atoms with E-state index in [0.29, 0.717) is 47.0 Å². The number of rotatable bonds is 8. The molecular formula is C25H22Cl2N4O4. The van der Waals surface area contributed by atoms with E-state index >= 15 is 0 Å². The van der Waals surface area contributed by atoms with Gasteiger partial charge in [-0.25, -0.2) is 0 Å². The minimum atomic E-state index is -0.323. The van der Waals surface area contributed by atoms with Crippen molar-refractivity contribution in [3.63, 3.8) is 0 Å². The smallest absolute Gasteiger partial charge is 0.247 e. The molecule has 180 valence electrons. The molecule has 1 aromatic carbocycles. The van der Waals surface area contributed by atoms with Crippen LogP contribution in [0, 0.1) is 0 Å². The predicted octanol–water partition coefficient (Wildman–Crippen LogP) is 4.68. The fourth-order valence-electron chi connectivity index (χ4n) is 3.86. The number of halogens is 2. The summed E-state index contributed by atoms with van der Waals surface area (Å²) in [5.74, 6) is -0.0559. The zero-order valence-electron chi connectivity index (χ0n) is 19.3. The fourth-order valence-corrected chi connectivity index (χ4v) is 4.53. The third-order valence-corrected chi connectivity index (χ3v) is 6.30. The van der Waals surface area contributed by atoms with Crippen molar-refractivity contribution in [2.75, 3.05) is 19.5 Å². The molecule has 0 saturated carbocycles. The number of amides is 1. The summed E-state index contributed by atoms with van der Waals surface area (Å²) in [5.41, 5.74) is 4.19. The van der Waals surface area contributed by atoms with Gasteiger partial charge in [0, 0.05) is 43.4 Å². The number of carbonyl (C=O) groups is 2. The van der Waals surface area contributed by atoms with Crippen LogP contribution in [0.4, 0.5) is 5.69 Å². The SMILES string of the molecule is C=CC(=O)Nc1cn(C)nc1Cc1ccc2c(n1)C=C(C(=O)c1c(Cl)c(OC)cc(OC)c1Cl)C2. The Bertz CT molecular complexity index is 1370. The van der Waals surface area contributed by atoms with Crippen molar-refractivity contribution >= 4 is 46.7 Å². The van der Waals surface area contributed by atoms with Crippen LogP contribution in [-0.2, 0) is 24.7 Å². The number of pyridine rings is 1. The number of carbonyl (C=O) groups excluding carboxylic acids is 2. The molecule has 1 aliphatic rings. The lowest BCUT2D eigenvalue weighted by Gasteiger charge is -2.14. The van der Waals surface area contributed by atoms with Crippen molar-refractivity contribution in [2.45, 2.75) is 12.8 Å². The number of benzene rings is 1. The number of allylic oxidation sites excluding steroid dienone is 1. The normalized spacial score (nSPS) is 12.1. The Labute approximate surface area is 212 Å². The molecule has 2 heterocycles. The molecule has 1 amide bonds. The molecule has 4 rings (SSSR count). The Hall–Kier alpha value is -3.62. The van der Waals surface area contributed by atoms with Crippen molar-refractivity contribution in [1.29, 1.82) is 0 Å². The van der Waals surface area contributed by atoms with E-state index in [0.717, 1.165) is 11.3 Å². The Kier molecular flexibility index (Phi) is 6.95. The average molecular weight is 513 g/mol. The standard InChI is InChI=1S/C25H22Cl2N4O4/c1-5-21(32)29-18-12-31(2)30-17(18)10-15-7-6-13-8-14(9-16(13)28-15)25(33)22-23(26)19(34-3)11-20(35-4)24(22)27/h5-7,9,11-12H,1,8,10H2,2-4H3,(H,29,32). The van der Waals surface area contributed by atoms with Gasteiger partial charge in [-0.05, 0) is 23.8 Å². The van der Waals surface area contributed by atoms with Crippen molar-refractivity contribution in [2.24, 2.45) is 7.05 Å². The molecule has 0 bridgehead atoms. The van der Waals surface area contributed by atoms with Gasteiger partial charge in [-0.3, -0.25) is 19.3 Å². The van der Waals surface area contributed by atoms with Gasteiger partial charge in [-0.2, -0.15) is 5.10 Å². The van der Waals surface area contributed by atoms with Crippen LogP contribution in [0.5, 0.6) is 11.5 Å². The largest absolute Gasteiger partial charge is 0.495 e. The highest BCUT2D eigenvalue weighted by molar-refractivity contribution is 6.43. The summed E-state index contributed by atoms with van der Waals surface area (Å²) in [6.45, 7) is 3.47. The lowest BCUT2D eigenvalue weighted by molar-refractivity contribution is -0.111. The molecule has 0 unspecified atom stereocenters. The molecule has 0 atom stereocenters. The predicted molar refractivity (Wildman–Crippen MR) is 135 cm³/mol. The molecule has 0 saturated heterocycles. The Morgan fingerprint density at radius 3 is 2.51 bits per heavy atom. The number of aromatic nitrogens is 3. The van der Waals surface area contributed by atoms with Gasteiger partial charge in [-0.15, -0.1) is 0 Å². The molecule has 0 fully saturated rings. The van der Waals surface area contributed by atoms with Crippen LogP contribution in [0.25, 0.3) is 6.08 Å². The molecule has 8 nitrogen and oxygen atoms in total. The van der Waals surface area contributed by atoms with Crippen LogP contribution in [0.1, 0.15) is 33.0 Å². The number of ether oxygens (including phenoxy) is 2. The first-order chi connectivity index (χ1) is 16.7. The highest BCUT2D eigenvalue weighted by Gasteiger charge is 2.28. The van der Waals surface area contributed by atoms with Gasteiger partial charge in [-0.1, -0.05) is 35.8 Å². The Morgan fingerprint density at radius 2 is 1.89 bits per heavy atom. The molecule has 10 heteroatoms. The van der Waals surface area contributed by atoms with E-state index in [1.165, 1.54) is 26.4 Å². The van der Waals surface area contributed by atoms with Gasteiger partial charge in [0.1, 0.15) is 11.5 Å². The highest BCUT2D eigenvalue weighted by atomic mass is 35.5. The van der Waals surface area contributed by atoms with E-state index in [-0.39, 0.29) is 27.3 Å². The minimum Gasteiger partial charge on any atom is -0.495 e. The molecule has 1 aliphatic carbocycles. The van der Waals surface area contributed by atoms with E-state index in [4.69, 9.17) is 37.7 Å². The van der Waals surface area contributed by atoms with Crippen molar-refractivity contribution in [3.8, 4) is 11.5 Å². The summed E-state index contributed by atoms with van der Waals surface area (Å²) in [4.78, 5) is 29.9. The monoisotopic (exact) mass is 512 g/mol. The first-order valence-electron chi connectivity index (χ1n) is 10.6. The van der Waals surface area contributed by atoms with Gasteiger partial charge in [0.25, 0.3) is 0 Å². The Morgan fingerprint density at radius 1 is 1.20 bits per heavy atom. The van der Waals surface area contributed by atoms with Crippen molar-refractivity contribution < 1.29 is 19.1 Å². The fraction of sp³-hybridized carbons (Fsp3) is 0.200. The number of aryl methyl sites for hydroxylation is 1. The van der Waals surface area contributed by atoms with Gasteiger partial charge >= 0.3 is 0 Å². The van der Waals surface area contributed by atoms with Crippen LogP contribution in [0.15, 0.2) is 42.6 Å². The van der Waals surface area contributed by atoms with Gasteiger partial charge in [0.15, 0.2) is 5.78 Å². The van der Waals surface area contributed by atoms with Crippen LogP contribution >= 0.6 is 23.2 Å². The molecule has 0 aliphatic heterocycles. The van der Waals surface area contributed by atoms with Gasteiger partial charge in [0.05, 0.1) is 46.9 Å². The molecule has 35 heavy (non-hydrogen) atoms. The molecular weight excluding hydrogens is 491 g/mol. The zero-order chi connectivity index (χ0) is 25.3. The summed E-state index contributed by atoms with van der Waals surface area (Å²) >= 11 is 12.9. The van der Waals surface area contributed by atoms with Crippen LogP contribution in [-0.4, -0.2) is 40.7 Å². The van der Waals surface area contributed by atoms with Crippen molar-refractivity contribution in [1.82, 2.24) is 14.8 Å². The highest BCUT2D eigenvalue weighted by Crippen LogP contribution is 2.42. The van der Waals surface area contributed by atoms with Gasteiger partial charge < -0.3 is 14.8 Å².